The maximum absolute atomic E-state index is 5.67. The Kier molecular flexibility index (Phi) is 4.65. The van der Waals surface area contributed by atoms with Gasteiger partial charge in [-0.05, 0) is 47.1 Å². The van der Waals surface area contributed by atoms with E-state index in [-0.39, 0.29) is 0 Å². The van der Waals surface area contributed by atoms with Gasteiger partial charge >= 0.3 is 0 Å². The van der Waals surface area contributed by atoms with Gasteiger partial charge in [0.05, 0.1) is 4.47 Å². The number of anilines is 1. The molecule has 0 aliphatic rings. The van der Waals surface area contributed by atoms with E-state index in [1.165, 1.54) is 5.56 Å². The van der Waals surface area contributed by atoms with Crippen molar-refractivity contribution in [2.45, 2.75) is 6.92 Å². The number of hydrogen-bond donors (Lipinski definition) is 1. The van der Waals surface area contributed by atoms with Gasteiger partial charge in [0.15, 0.2) is 0 Å². The second kappa shape index (κ2) is 6.45. The highest BCUT2D eigenvalue weighted by molar-refractivity contribution is 9.10. The largest absolute Gasteiger partial charge is 0.491 e. The van der Waals surface area contributed by atoms with E-state index in [2.05, 4.69) is 52.4 Å². The quantitative estimate of drug-likeness (QED) is 0.834. The van der Waals surface area contributed by atoms with Gasteiger partial charge in [-0.15, -0.1) is 0 Å². The summed E-state index contributed by atoms with van der Waals surface area (Å²) < 4.78 is 6.66. The van der Waals surface area contributed by atoms with E-state index in [0.717, 1.165) is 22.5 Å². The van der Waals surface area contributed by atoms with E-state index in [9.17, 15) is 0 Å². The van der Waals surface area contributed by atoms with E-state index in [4.69, 9.17) is 4.74 Å². The van der Waals surface area contributed by atoms with E-state index >= 15 is 0 Å². The van der Waals surface area contributed by atoms with Crippen LogP contribution in [0.15, 0.2) is 53.0 Å². The molecular weight excluding hydrogens is 290 g/mol. The number of ether oxygens (including phenoxy) is 1. The fourth-order valence-electron chi connectivity index (χ4n) is 1.59. The van der Waals surface area contributed by atoms with Crippen LogP contribution < -0.4 is 10.1 Å². The Balaban J connectivity index is 1.76. The van der Waals surface area contributed by atoms with Crippen molar-refractivity contribution in [2.75, 3.05) is 18.5 Å². The van der Waals surface area contributed by atoms with Gasteiger partial charge in [0.2, 0.25) is 0 Å². The van der Waals surface area contributed by atoms with Gasteiger partial charge in [-0.2, -0.15) is 0 Å². The molecule has 0 bridgehead atoms. The standard InChI is InChI=1S/C15H16BrNO/c1-12-6-8-13(9-7-12)17-10-11-18-15-5-3-2-4-14(15)16/h2-9,17H,10-11H2,1H3. The third kappa shape index (κ3) is 3.77. The Morgan fingerprint density at radius 3 is 2.50 bits per heavy atom. The Labute approximate surface area is 116 Å². The highest BCUT2D eigenvalue weighted by Crippen LogP contribution is 2.23. The number of para-hydroxylation sites is 1. The predicted molar refractivity (Wildman–Crippen MR) is 79.3 cm³/mol. The molecule has 2 aromatic carbocycles. The molecule has 0 saturated carbocycles. The summed E-state index contributed by atoms with van der Waals surface area (Å²) in [6.07, 6.45) is 0. The summed E-state index contributed by atoms with van der Waals surface area (Å²) in [4.78, 5) is 0. The molecule has 0 fully saturated rings. The van der Waals surface area contributed by atoms with Crippen LogP contribution in [-0.2, 0) is 0 Å². The molecule has 2 rings (SSSR count). The van der Waals surface area contributed by atoms with Crippen LogP contribution in [0.3, 0.4) is 0 Å². The van der Waals surface area contributed by atoms with Gasteiger partial charge in [-0.1, -0.05) is 29.8 Å². The Hall–Kier alpha value is -1.48. The van der Waals surface area contributed by atoms with E-state index in [1.807, 2.05) is 24.3 Å². The van der Waals surface area contributed by atoms with Crippen LogP contribution in [0.4, 0.5) is 5.69 Å². The second-order valence-corrected chi connectivity index (χ2v) is 4.93. The minimum absolute atomic E-state index is 0.635. The molecule has 0 atom stereocenters. The minimum Gasteiger partial charge on any atom is -0.491 e. The highest BCUT2D eigenvalue weighted by atomic mass is 79.9. The van der Waals surface area contributed by atoms with Crippen LogP contribution in [0.25, 0.3) is 0 Å². The lowest BCUT2D eigenvalue weighted by atomic mass is 10.2. The molecule has 0 radical (unpaired) electrons. The van der Waals surface area contributed by atoms with Crippen LogP contribution in [0.1, 0.15) is 5.56 Å². The summed E-state index contributed by atoms with van der Waals surface area (Å²) >= 11 is 3.46. The molecular formula is C15H16BrNO. The van der Waals surface area contributed by atoms with Crippen molar-refractivity contribution < 1.29 is 4.74 Å². The van der Waals surface area contributed by atoms with E-state index in [1.54, 1.807) is 0 Å². The van der Waals surface area contributed by atoms with Crippen LogP contribution in [0.2, 0.25) is 0 Å². The van der Waals surface area contributed by atoms with E-state index in [0.29, 0.717) is 6.61 Å². The predicted octanol–water partition coefficient (Wildman–Crippen LogP) is 4.25. The Morgan fingerprint density at radius 1 is 1.06 bits per heavy atom. The van der Waals surface area contributed by atoms with Crippen LogP contribution >= 0.6 is 15.9 Å². The summed E-state index contributed by atoms with van der Waals surface area (Å²) in [6, 6.07) is 16.2. The number of rotatable bonds is 5. The number of aryl methyl sites for hydroxylation is 1. The van der Waals surface area contributed by atoms with Crippen molar-refractivity contribution in [1.29, 1.82) is 0 Å². The molecule has 94 valence electrons. The maximum atomic E-state index is 5.67. The smallest absolute Gasteiger partial charge is 0.133 e. The molecule has 0 amide bonds. The van der Waals surface area contributed by atoms with Crippen molar-refractivity contribution in [2.24, 2.45) is 0 Å². The van der Waals surface area contributed by atoms with Gasteiger partial charge in [-0.25, -0.2) is 0 Å². The lowest BCUT2D eigenvalue weighted by Crippen LogP contribution is -2.11. The van der Waals surface area contributed by atoms with Gasteiger partial charge in [0.25, 0.3) is 0 Å². The molecule has 18 heavy (non-hydrogen) atoms. The normalized spacial score (nSPS) is 10.1. The molecule has 2 nitrogen and oxygen atoms in total. The minimum atomic E-state index is 0.635. The lowest BCUT2D eigenvalue weighted by Gasteiger charge is -2.09. The molecule has 0 spiro atoms. The molecule has 3 heteroatoms. The molecule has 0 saturated heterocycles. The number of benzene rings is 2. The molecule has 2 aromatic rings. The first-order valence-electron chi connectivity index (χ1n) is 5.93. The summed E-state index contributed by atoms with van der Waals surface area (Å²) in [5.74, 6) is 0.878. The van der Waals surface area contributed by atoms with Gasteiger partial charge in [-0.3, -0.25) is 0 Å². The molecule has 0 heterocycles. The Bertz CT molecular complexity index is 496. The second-order valence-electron chi connectivity index (χ2n) is 4.07. The first-order chi connectivity index (χ1) is 8.75. The van der Waals surface area contributed by atoms with Crippen LogP contribution in [-0.4, -0.2) is 13.2 Å². The van der Waals surface area contributed by atoms with Crippen molar-refractivity contribution in [1.82, 2.24) is 0 Å². The molecule has 0 unspecified atom stereocenters. The summed E-state index contributed by atoms with van der Waals surface area (Å²) in [7, 11) is 0. The van der Waals surface area contributed by atoms with Gasteiger partial charge < -0.3 is 10.1 Å². The topological polar surface area (TPSA) is 21.3 Å². The highest BCUT2D eigenvalue weighted by Gasteiger charge is 1.98. The molecule has 0 aliphatic heterocycles. The van der Waals surface area contributed by atoms with E-state index < -0.39 is 0 Å². The average molecular weight is 306 g/mol. The van der Waals surface area contributed by atoms with Crippen molar-refractivity contribution in [3.8, 4) is 5.75 Å². The van der Waals surface area contributed by atoms with Crippen molar-refractivity contribution >= 4 is 21.6 Å². The zero-order chi connectivity index (χ0) is 12.8. The third-order valence-corrected chi connectivity index (χ3v) is 3.23. The van der Waals surface area contributed by atoms with Gasteiger partial charge in [0.1, 0.15) is 12.4 Å². The average Bonchev–Trinajstić information content (AvgIpc) is 2.39. The third-order valence-electron chi connectivity index (χ3n) is 2.58. The number of hydrogen-bond acceptors (Lipinski definition) is 2. The first-order valence-corrected chi connectivity index (χ1v) is 6.73. The number of nitrogens with one attached hydrogen (secondary N) is 1. The fourth-order valence-corrected chi connectivity index (χ4v) is 1.99. The summed E-state index contributed by atoms with van der Waals surface area (Å²) in [5.41, 5.74) is 2.39. The zero-order valence-electron chi connectivity index (χ0n) is 10.3. The molecule has 0 aliphatic carbocycles. The first kappa shape index (κ1) is 13.0. The van der Waals surface area contributed by atoms with Crippen LogP contribution in [0, 0.1) is 6.92 Å². The maximum Gasteiger partial charge on any atom is 0.133 e. The molecule has 1 N–H and O–H groups in total. The fraction of sp³-hybridized carbons (Fsp3) is 0.200. The van der Waals surface area contributed by atoms with Crippen molar-refractivity contribution in [3.63, 3.8) is 0 Å². The molecule has 0 aromatic heterocycles. The Morgan fingerprint density at radius 2 is 1.78 bits per heavy atom. The summed E-state index contributed by atoms with van der Waals surface area (Å²) in [5, 5.41) is 3.32. The SMILES string of the molecule is Cc1ccc(NCCOc2ccccc2Br)cc1. The lowest BCUT2D eigenvalue weighted by molar-refractivity contribution is 0.331. The number of halogens is 1. The summed E-state index contributed by atoms with van der Waals surface area (Å²) in [6.45, 7) is 3.50. The monoisotopic (exact) mass is 305 g/mol. The van der Waals surface area contributed by atoms with Crippen LogP contribution in [0.5, 0.6) is 5.75 Å². The van der Waals surface area contributed by atoms with Crippen molar-refractivity contribution in [3.05, 3.63) is 58.6 Å². The zero-order valence-corrected chi connectivity index (χ0v) is 11.9. The van der Waals surface area contributed by atoms with Gasteiger partial charge in [0, 0.05) is 12.2 Å².